The van der Waals surface area contributed by atoms with E-state index in [1.807, 2.05) is 19.1 Å². The zero-order valence-electron chi connectivity index (χ0n) is 15.3. The van der Waals surface area contributed by atoms with Crippen LogP contribution in [0, 0.1) is 17.0 Å². The number of nitrogens with zero attached hydrogens (tertiary/aromatic N) is 4. The van der Waals surface area contributed by atoms with Gasteiger partial charge in [0.05, 0.1) is 22.3 Å². The molecule has 0 aliphatic rings. The van der Waals surface area contributed by atoms with Crippen LogP contribution in [-0.2, 0) is 0 Å². The van der Waals surface area contributed by atoms with Crippen molar-refractivity contribution in [1.82, 2.24) is 20.3 Å². The molecule has 0 fully saturated rings. The standard InChI is InChI=1S/C19H18ClN5O3/c1-3-17(13-7-9-14(20)10-8-13)21-19(26)18-12(2)24(23-22-18)15-5-4-6-16(11-15)25(27)28/h4-11,17H,3H2,1-2H3,(H,21,26). The van der Waals surface area contributed by atoms with Crippen molar-refractivity contribution in [3.63, 3.8) is 0 Å². The molecule has 3 rings (SSSR count). The average molecular weight is 400 g/mol. The molecule has 1 atom stereocenters. The van der Waals surface area contributed by atoms with Gasteiger partial charge in [-0.15, -0.1) is 5.10 Å². The smallest absolute Gasteiger partial charge is 0.274 e. The van der Waals surface area contributed by atoms with E-state index < -0.39 is 4.92 Å². The minimum atomic E-state index is -0.485. The van der Waals surface area contributed by atoms with Crippen LogP contribution in [0.4, 0.5) is 5.69 Å². The molecule has 28 heavy (non-hydrogen) atoms. The molecule has 1 amide bonds. The summed E-state index contributed by atoms with van der Waals surface area (Å²) in [5.74, 6) is -0.365. The molecule has 0 bridgehead atoms. The molecule has 0 saturated carbocycles. The summed E-state index contributed by atoms with van der Waals surface area (Å²) in [4.78, 5) is 23.2. The summed E-state index contributed by atoms with van der Waals surface area (Å²) in [5, 5.41) is 22.5. The van der Waals surface area contributed by atoms with Crippen LogP contribution in [-0.4, -0.2) is 25.8 Å². The molecule has 144 valence electrons. The molecule has 0 aliphatic carbocycles. The van der Waals surface area contributed by atoms with Gasteiger partial charge in [-0.1, -0.05) is 41.9 Å². The van der Waals surface area contributed by atoms with E-state index in [2.05, 4.69) is 15.6 Å². The van der Waals surface area contributed by atoms with E-state index in [0.29, 0.717) is 22.8 Å². The van der Waals surface area contributed by atoms with Crippen molar-refractivity contribution < 1.29 is 9.72 Å². The number of halogens is 1. The lowest BCUT2D eigenvalue weighted by molar-refractivity contribution is -0.384. The first-order valence-electron chi connectivity index (χ1n) is 8.64. The van der Waals surface area contributed by atoms with Gasteiger partial charge in [-0.25, -0.2) is 4.68 Å². The van der Waals surface area contributed by atoms with Crippen molar-refractivity contribution in [3.05, 3.63) is 80.6 Å². The zero-order valence-corrected chi connectivity index (χ0v) is 16.1. The van der Waals surface area contributed by atoms with Crippen LogP contribution >= 0.6 is 11.6 Å². The summed E-state index contributed by atoms with van der Waals surface area (Å²) < 4.78 is 1.41. The van der Waals surface area contributed by atoms with Gasteiger partial charge in [0.15, 0.2) is 5.69 Å². The third kappa shape index (κ3) is 4.01. The van der Waals surface area contributed by atoms with Crippen LogP contribution in [0.1, 0.15) is 41.1 Å². The third-order valence-electron chi connectivity index (χ3n) is 4.38. The number of carbonyl (C=O) groups excluding carboxylic acids is 1. The molecule has 3 aromatic rings. The van der Waals surface area contributed by atoms with E-state index in [1.54, 1.807) is 31.2 Å². The highest BCUT2D eigenvalue weighted by Gasteiger charge is 2.21. The molecule has 0 saturated heterocycles. The Morgan fingerprint density at radius 3 is 2.64 bits per heavy atom. The third-order valence-corrected chi connectivity index (χ3v) is 4.63. The first-order chi connectivity index (χ1) is 13.4. The number of hydrogen-bond donors (Lipinski definition) is 1. The van der Waals surface area contributed by atoms with E-state index in [-0.39, 0.29) is 23.3 Å². The van der Waals surface area contributed by atoms with Crippen LogP contribution in [0.15, 0.2) is 48.5 Å². The number of carbonyl (C=O) groups is 1. The molecule has 1 aromatic heterocycles. The number of rotatable bonds is 6. The van der Waals surface area contributed by atoms with Gasteiger partial charge >= 0.3 is 0 Å². The van der Waals surface area contributed by atoms with Gasteiger partial charge in [0.1, 0.15) is 0 Å². The number of amides is 1. The topological polar surface area (TPSA) is 103 Å². The summed E-state index contributed by atoms with van der Waals surface area (Å²) in [7, 11) is 0. The Bertz CT molecular complexity index is 1020. The number of aromatic nitrogens is 3. The fourth-order valence-corrected chi connectivity index (χ4v) is 2.99. The molecular formula is C19H18ClN5O3. The fourth-order valence-electron chi connectivity index (χ4n) is 2.87. The van der Waals surface area contributed by atoms with E-state index in [0.717, 1.165) is 5.56 Å². The maximum Gasteiger partial charge on any atom is 0.274 e. The molecular weight excluding hydrogens is 382 g/mol. The number of nitro benzene ring substituents is 1. The Kier molecular flexibility index (Phi) is 5.70. The van der Waals surface area contributed by atoms with Crippen molar-refractivity contribution >= 4 is 23.2 Å². The van der Waals surface area contributed by atoms with Crippen molar-refractivity contribution in [1.29, 1.82) is 0 Å². The molecule has 0 spiro atoms. The van der Waals surface area contributed by atoms with Gasteiger partial charge in [-0.05, 0) is 37.1 Å². The second-order valence-electron chi connectivity index (χ2n) is 6.20. The van der Waals surface area contributed by atoms with Crippen LogP contribution in [0.3, 0.4) is 0 Å². The lowest BCUT2D eigenvalue weighted by atomic mass is 10.0. The lowest BCUT2D eigenvalue weighted by Gasteiger charge is -2.17. The molecule has 1 unspecified atom stereocenters. The minimum Gasteiger partial charge on any atom is -0.344 e. The average Bonchev–Trinajstić information content (AvgIpc) is 3.08. The van der Waals surface area contributed by atoms with E-state index >= 15 is 0 Å². The molecule has 0 aliphatic heterocycles. The Hall–Kier alpha value is -3.26. The second-order valence-corrected chi connectivity index (χ2v) is 6.63. The summed E-state index contributed by atoms with van der Waals surface area (Å²) in [5.41, 5.74) is 1.99. The summed E-state index contributed by atoms with van der Waals surface area (Å²) in [6, 6.07) is 13.1. The minimum absolute atomic E-state index is 0.0628. The normalized spacial score (nSPS) is 11.8. The molecule has 1 N–H and O–H groups in total. The number of benzene rings is 2. The quantitative estimate of drug-likeness (QED) is 0.498. The van der Waals surface area contributed by atoms with Gasteiger partial charge in [0.25, 0.3) is 11.6 Å². The largest absolute Gasteiger partial charge is 0.344 e. The molecule has 8 nitrogen and oxygen atoms in total. The molecule has 9 heteroatoms. The summed E-state index contributed by atoms with van der Waals surface area (Å²) in [6.07, 6.45) is 0.686. The first-order valence-corrected chi connectivity index (χ1v) is 9.02. The highest BCUT2D eigenvalue weighted by atomic mass is 35.5. The first kappa shape index (κ1) is 19.5. The number of nitro groups is 1. The Morgan fingerprint density at radius 1 is 1.29 bits per heavy atom. The van der Waals surface area contributed by atoms with E-state index in [1.165, 1.54) is 16.8 Å². The molecule has 1 heterocycles. The molecule has 0 radical (unpaired) electrons. The van der Waals surface area contributed by atoms with Crippen molar-refractivity contribution in [2.75, 3.05) is 0 Å². The van der Waals surface area contributed by atoms with Gasteiger partial charge < -0.3 is 5.32 Å². The van der Waals surface area contributed by atoms with Gasteiger partial charge in [-0.3, -0.25) is 14.9 Å². The summed E-state index contributed by atoms with van der Waals surface area (Å²) >= 11 is 5.92. The van der Waals surface area contributed by atoms with Gasteiger partial charge in [0.2, 0.25) is 0 Å². The van der Waals surface area contributed by atoms with Crippen LogP contribution < -0.4 is 5.32 Å². The number of hydrogen-bond acceptors (Lipinski definition) is 5. The van der Waals surface area contributed by atoms with E-state index in [4.69, 9.17) is 11.6 Å². The number of nitrogens with one attached hydrogen (secondary N) is 1. The zero-order chi connectivity index (χ0) is 20.3. The van der Waals surface area contributed by atoms with Crippen molar-refractivity contribution in [2.45, 2.75) is 26.3 Å². The Labute approximate surface area is 166 Å². The van der Waals surface area contributed by atoms with Crippen molar-refractivity contribution in [2.24, 2.45) is 0 Å². The monoisotopic (exact) mass is 399 g/mol. The van der Waals surface area contributed by atoms with Crippen LogP contribution in [0.5, 0.6) is 0 Å². The van der Waals surface area contributed by atoms with Gasteiger partial charge in [0, 0.05) is 17.2 Å². The Morgan fingerprint density at radius 2 is 2.00 bits per heavy atom. The lowest BCUT2D eigenvalue weighted by Crippen LogP contribution is -2.29. The number of non-ortho nitro benzene ring substituents is 1. The second kappa shape index (κ2) is 8.18. The summed E-state index contributed by atoms with van der Waals surface area (Å²) in [6.45, 7) is 3.66. The predicted molar refractivity (Wildman–Crippen MR) is 105 cm³/mol. The van der Waals surface area contributed by atoms with E-state index in [9.17, 15) is 14.9 Å². The van der Waals surface area contributed by atoms with Crippen LogP contribution in [0.25, 0.3) is 5.69 Å². The molecule has 2 aromatic carbocycles. The maximum absolute atomic E-state index is 12.7. The SMILES string of the molecule is CCC(NC(=O)c1nnn(-c2cccc([N+](=O)[O-])c2)c1C)c1ccc(Cl)cc1. The fraction of sp³-hybridized carbons (Fsp3) is 0.211. The highest BCUT2D eigenvalue weighted by molar-refractivity contribution is 6.30. The van der Waals surface area contributed by atoms with Crippen molar-refractivity contribution in [3.8, 4) is 5.69 Å². The van der Waals surface area contributed by atoms with Crippen LogP contribution in [0.2, 0.25) is 5.02 Å². The predicted octanol–water partition coefficient (Wildman–Crippen LogP) is 4.02. The maximum atomic E-state index is 12.7. The van der Waals surface area contributed by atoms with Gasteiger partial charge in [-0.2, -0.15) is 0 Å². The Balaban J connectivity index is 1.84. The highest BCUT2D eigenvalue weighted by Crippen LogP contribution is 2.21.